The first-order chi connectivity index (χ1) is 11.1. The summed E-state index contributed by atoms with van der Waals surface area (Å²) in [7, 11) is 0. The molecule has 23 heavy (non-hydrogen) atoms. The number of amides is 1. The number of H-pyrrole nitrogens is 1. The Morgan fingerprint density at radius 2 is 1.83 bits per heavy atom. The number of nitrogens with one attached hydrogen (secondary N) is 2. The summed E-state index contributed by atoms with van der Waals surface area (Å²) in [6, 6.07) is 13.8. The molecule has 1 aromatic heterocycles. The number of hydrogen-bond donors (Lipinski definition) is 2. The van der Waals surface area contributed by atoms with Gasteiger partial charge in [-0.25, -0.2) is 4.79 Å². The largest absolute Gasteiger partial charge is 0.417 e. The number of carbonyl (C=O) groups excluding carboxylic acids is 2. The molecule has 0 radical (unpaired) electrons. The molecule has 2 N–H and O–H groups in total. The van der Waals surface area contributed by atoms with Crippen molar-refractivity contribution < 1.29 is 14.0 Å². The maximum Gasteiger partial charge on any atom is 0.417 e. The molecule has 0 saturated carbocycles. The third kappa shape index (κ3) is 3.55. The maximum atomic E-state index is 12.1. The van der Waals surface area contributed by atoms with Gasteiger partial charge in [-0.2, -0.15) is 0 Å². The third-order valence-electron chi connectivity index (χ3n) is 3.38. The first-order valence-electron chi connectivity index (χ1n) is 7.13. The van der Waals surface area contributed by atoms with Gasteiger partial charge in [-0.05, 0) is 30.3 Å². The van der Waals surface area contributed by atoms with Crippen molar-refractivity contribution in [2.75, 3.05) is 5.32 Å². The number of carbonyl (C=O) groups is 2. The molecule has 0 unspecified atom stereocenters. The second kappa shape index (κ2) is 6.31. The molecule has 0 aliphatic carbocycles. The number of fused-ring (bicyclic) bond motifs is 1. The molecule has 3 rings (SSSR count). The van der Waals surface area contributed by atoms with Crippen LogP contribution >= 0.6 is 0 Å². The maximum absolute atomic E-state index is 12.1. The minimum atomic E-state index is -0.563. The summed E-state index contributed by atoms with van der Waals surface area (Å²) in [5.74, 6) is -0.968. The predicted molar refractivity (Wildman–Crippen MR) is 85.5 cm³/mol. The van der Waals surface area contributed by atoms with Crippen molar-refractivity contribution >= 4 is 28.5 Å². The molecule has 0 aliphatic rings. The second-order valence-electron chi connectivity index (χ2n) is 5.06. The van der Waals surface area contributed by atoms with Gasteiger partial charge in [0.2, 0.25) is 5.91 Å². The van der Waals surface area contributed by atoms with Gasteiger partial charge in [-0.15, -0.1) is 0 Å². The van der Waals surface area contributed by atoms with E-state index in [4.69, 9.17) is 4.42 Å². The number of ketones is 1. The lowest BCUT2D eigenvalue weighted by Gasteiger charge is -2.04. The average Bonchev–Trinajstić information content (AvgIpc) is 2.92. The van der Waals surface area contributed by atoms with E-state index in [9.17, 15) is 14.4 Å². The molecule has 1 amide bonds. The first kappa shape index (κ1) is 14.8. The van der Waals surface area contributed by atoms with Crippen LogP contribution in [0.1, 0.15) is 23.2 Å². The number of hydrogen-bond acceptors (Lipinski definition) is 4. The van der Waals surface area contributed by atoms with E-state index in [0.29, 0.717) is 22.4 Å². The Labute approximate surface area is 131 Å². The monoisotopic (exact) mass is 310 g/mol. The van der Waals surface area contributed by atoms with E-state index in [0.717, 1.165) is 0 Å². The highest BCUT2D eigenvalue weighted by Crippen LogP contribution is 2.15. The zero-order valence-corrected chi connectivity index (χ0v) is 12.2. The number of Topliss-reactive ketones (excluding diaryl/α,β-unsaturated/α-hetero) is 1. The molecule has 2 aromatic carbocycles. The lowest BCUT2D eigenvalue weighted by molar-refractivity contribution is -0.116. The van der Waals surface area contributed by atoms with Crippen LogP contribution in [-0.4, -0.2) is 16.7 Å². The number of oxazole rings is 1. The Bertz CT molecular complexity index is 909. The molecule has 6 heteroatoms. The van der Waals surface area contributed by atoms with Crippen LogP contribution in [0.5, 0.6) is 0 Å². The van der Waals surface area contributed by atoms with Crippen molar-refractivity contribution in [2.45, 2.75) is 12.8 Å². The normalized spacial score (nSPS) is 10.6. The molecular weight excluding hydrogens is 296 g/mol. The topological polar surface area (TPSA) is 92.2 Å². The van der Waals surface area contributed by atoms with Crippen LogP contribution < -0.4 is 11.1 Å². The molecule has 0 bridgehead atoms. The van der Waals surface area contributed by atoms with E-state index in [1.807, 2.05) is 18.2 Å². The Hall–Kier alpha value is -3.15. The molecule has 0 saturated heterocycles. The van der Waals surface area contributed by atoms with Crippen molar-refractivity contribution in [1.29, 1.82) is 0 Å². The number of aromatic nitrogens is 1. The number of aromatic amines is 1. The van der Waals surface area contributed by atoms with Gasteiger partial charge >= 0.3 is 5.76 Å². The van der Waals surface area contributed by atoms with Crippen molar-refractivity contribution in [1.82, 2.24) is 4.98 Å². The molecule has 0 atom stereocenters. The Balaban J connectivity index is 1.61. The fourth-order valence-corrected chi connectivity index (χ4v) is 2.24. The summed E-state index contributed by atoms with van der Waals surface area (Å²) in [6.07, 6.45) is 0.168. The van der Waals surface area contributed by atoms with E-state index >= 15 is 0 Å². The van der Waals surface area contributed by atoms with Gasteiger partial charge in [0.05, 0.1) is 5.52 Å². The fourth-order valence-electron chi connectivity index (χ4n) is 2.24. The van der Waals surface area contributed by atoms with Gasteiger partial charge in [-0.3, -0.25) is 14.6 Å². The van der Waals surface area contributed by atoms with Crippen LogP contribution in [0.4, 0.5) is 5.69 Å². The van der Waals surface area contributed by atoms with E-state index in [-0.39, 0.29) is 24.5 Å². The Morgan fingerprint density at radius 1 is 1.04 bits per heavy atom. The van der Waals surface area contributed by atoms with E-state index in [1.165, 1.54) is 6.07 Å². The summed E-state index contributed by atoms with van der Waals surface area (Å²) >= 11 is 0. The first-order valence-corrected chi connectivity index (χ1v) is 7.13. The molecule has 0 aliphatic heterocycles. The van der Waals surface area contributed by atoms with Crippen LogP contribution in [-0.2, 0) is 4.79 Å². The molecular formula is C17H14N2O4. The van der Waals surface area contributed by atoms with Gasteiger partial charge in [0.25, 0.3) is 0 Å². The Kier molecular flexibility index (Phi) is 4.05. The summed E-state index contributed by atoms with van der Waals surface area (Å²) < 4.78 is 4.92. The zero-order valence-electron chi connectivity index (χ0n) is 12.2. The fraction of sp³-hybridized carbons (Fsp3) is 0.118. The van der Waals surface area contributed by atoms with Gasteiger partial charge < -0.3 is 9.73 Å². The Morgan fingerprint density at radius 3 is 2.61 bits per heavy atom. The highest BCUT2D eigenvalue weighted by molar-refractivity contribution is 6.01. The van der Waals surface area contributed by atoms with Crippen molar-refractivity contribution in [3.05, 3.63) is 64.6 Å². The summed E-state index contributed by atoms with van der Waals surface area (Å²) in [4.78, 5) is 37.6. The van der Waals surface area contributed by atoms with Gasteiger partial charge in [-0.1, -0.05) is 18.2 Å². The van der Waals surface area contributed by atoms with Gasteiger partial charge in [0.15, 0.2) is 11.4 Å². The smallest absolute Gasteiger partial charge is 0.408 e. The highest BCUT2D eigenvalue weighted by atomic mass is 16.4. The van der Waals surface area contributed by atoms with Crippen LogP contribution in [0.2, 0.25) is 0 Å². The van der Waals surface area contributed by atoms with Crippen molar-refractivity contribution in [3.8, 4) is 0 Å². The van der Waals surface area contributed by atoms with Gasteiger partial charge in [0.1, 0.15) is 0 Å². The second-order valence-corrected chi connectivity index (χ2v) is 5.06. The molecule has 3 aromatic rings. The minimum Gasteiger partial charge on any atom is -0.408 e. The predicted octanol–water partition coefficient (Wildman–Crippen LogP) is 2.72. The molecule has 0 spiro atoms. The van der Waals surface area contributed by atoms with Crippen LogP contribution in [0.15, 0.2) is 57.7 Å². The average molecular weight is 310 g/mol. The SMILES string of the molecule is O=C(CCC(=O)c1ccc2[nH]c(=O)oc2c1)Nc1ccccc1. The standard InChI is InChI=1S/C17H14N2O4/c20-14(8-9-16(21)18-12-4-2-1-3-5-12)11-6-7-13-15(10-11)23-17(22)19-13/h1-7,10H,8-9H2,(H,18,21)(H,19,22). The van der Waals surface area contributed by atoms with Crippen LogP contribution in [0, 0.1) is 0 Å². The van der Waals surface area contributed by atoms with Crippen LogP contribution in [0.3, 0.4) is 0 Å². The van der Waals surface area contributed by atoms with Gasteiger partial charge in [0, 0.05) is 24.1 Å². The van der Waals surface area contributed by atoms with Crippen molar-refractivity contribution in [3.63, 3.8) is 0 Å². The summed E-state index contributed by atoms with van der Waals surface area (Å²) in [5.41, 5.74) is 1.97. The quantitative estimate of drug-likeness (QED) is 0.709. The highest BCUT2D eigenvalue weighted by Gasteiger charge is 2.11. The number of benzene rings is 2. The lowest BCUT2D eigenvalue weighted by atomic mass is 10.1. The minimum absolute atomic E-state index is 0.0822. The summed E-state index contributed by atoms with van der Waals surface area (Å²) in [6.45, 7) is 0. The summed E-state index contributed by atoms with van der Waals surface area (Å²) in [5, 5.41) is 2.73. The van der Waals surface area contributed by atoms with Crippen LogP contribution in [0.25, 0.3) is 11.1 Å². The molecule has 0 fully saturated rings. The molecule has 1 heterocycles. The van der Waals surface area contributed by atoms with E-state index in [2.05, 4.69) is 10.3 Å². The number of rotatable bonds is 5. The van der Waals surface area contributed by atoms with E-state index in [1.54, 1.807) is 24.3 Å². The number of anilines is 1. The zero-order chi connectivity index (χ0) is 16.2. The molecule has 116 valence electrons. The number of para-hydroxylation sites is 1. The molecule has 6 nitrogen and oxygen atoms in total. The van der Waals surface area contributed by atoms with Crippen molar-refractivity contribution in [2.24, 2.45) is 0 Å². The lowest BCUT2D eigenvalue weighted by Crippen LogP contribution is -2.13. The third-order valence-corrected chi connectivity index (χ3v) is 3.38. The van der Waals surface area contributed by atoms with E-state index < -0.39 is 5.76 Å².